The van der Waals surface area contributed by atoms with E-state index < -0.39 is 0 Å². The molecule has 1 aliphatic heterocycles. The Morgan fingerprint density at radius 1 is 1.12 bits per heavy atom. The quantitative estimate of drug-likeness (QED) is 0.710. The molecule has 0 aliphatic carbocycles. The SMILES string of the molecule is O=C(COc1ccc2c(c1)OCO2)NCc1nnc(-c2ccncc2)o1. The van der Waals surface area contributed by atoms with E-state index in [-0.39, 0.29) is 25.9 Å². The predicted molar refractivity (Wildman–Crippen MR) is 87.4 cm³/mol. The molecule has 0 unspecified atom stereocenters. The zero-order chi connectivity index (χ0) is 17.8. The molecule has 3 heterocycles. The topological polar surface area (TPSA) is 109 Å². The van der Waals surface area contributed by atoms with Crippen molar-refractivity contribution >= 4 is 5.91 Å². The maximum absolute atomic E-state index is 11.9. The minimum atomic E-state index is -0.314. The summed E-state index contributed by atoms with van der Waals surface area (Å²) in [6, 6.07) is 8.63. The van der Waals surface area contributed by atoms with Crippen molar-refractivity contribution in [3.63, 3.8) is 0 Å². The fourth-order valence-corrected chi connectivity index (χ4v) is 2.28. The Hall–Kier alpha value is -3.62. The summed E-state index contributed by atoms with van der Waals surface area (Å²) in [5.74, 6) is 2.12. The van der Waals surface area contributed by atoms with Crippen LogP contribution in [0.5, 0.6) is 17.2 Å². The van der Waals surface area contributed by atoms with E-state index in [0.717, 1.165) is 5.56 Å². The first-order valence-corrected chi connectivity index (χ1v) is 7.80. The fraction of sp³-hybridized carbons (Fsp3) is 0.176. The highest BCUT2D eigenvalue weighted by Crippen LogP contribution is 2.34. The van der Waals surface area contributed by atoms with Gasteiger partial charge in [-0.05, 0) is 24.3 Å². The van der Waals surface area contributed by atoms with Crippen LogP contribution in [0.3, 0.4) is 0 Å². The Kier molecular flexibility index (Phi) is 4.33. The summed E-state index contributed by atoms with van der Waals surface area (Å²) in [6.45, 7) is 0.150. The largest absolute Gasteiger partial charge is 0.484 e. The van der Waals surface area contributed by atoms with Crippen molar-refractivity contribution in [2.75, 3.05) is 13.4 Å². The highest BCUT2D eigenvalue weighted by Gasteiger charge is 2.14. The van der Waals surface area contributed by atoms with E-state index in [1.165, 1.54) is 0 Å². The minimum absolute atomic E-state index is 0.113. The van der Waals surface area contributed by atoms with Gasteiger partial charge in [0.25, 0.3) is 5.91 Å². The lowest BCUT2D eigenvalue weighted by Crippen LogP contribution is -2.28. The third kappa shape index (κ3) is 3.56. The molecule has 1 aliphatic rings. The number of nitrogens with zero attached hydrogens (tertiary/aromatic N) is 3. The molecule has 0 radical (unpaired) electrons. The standard InChI is InChI=1S/C17H14N4O5/c22-15(9-23-12-1-2-13-14(7-12)25-10-24-13)19-8-16-20-21-17(26-16)11-3-5-18-6-4-11/h1-7H,8-10H2,(H,19,22). The number of rotatable bonds is 6. The molecule has 0 fully saturated rings. The minimum Gasteiger partial charge on any atom is -0.484 e. The van der Waals surface area contributed by atoms with Crippen LogP contribution in [-0.4, -0.2) is 34.5 Å². The normalized spacial score (nSPS) is 12.0. The summed E-state index contributed by atoms with van der Waals surface area (Å²) >= 11 is 0. The van der Waals surface area contributed by atoms with Crippen molar-refractivity contribution in [1.82, 2.24) is 20.5 Å². The molecule has 3 aromatic rings. The van der Waals surface area contributed by atoms with Crippen molar-refractivity contribution in [2.45, 2.75) is 6.54 Å². The molecule has 0 atom stereocenters. The lowest BCUT2D eigenvalue weighted by Gasteiger charge is -2.06. The summed E-state index contributed by atoms with van der Waals surface area (Å²) in [5, 5.41) is 10.5. The van der Waals surface area contributed by atoms with Crippen LogP contribution in [0, 0.1) is 0 Å². The third-order valence-electron chi connectivity index (χ3n) is 3.54. The number of hydrogen-bond acceptors (Lipinski definition) is 8. The molecule has 0 saturated heterocycles. The molecule has 0 bridgehead atoms. The van der Waals surface area contributed by atoms with Gasteiger partial charge in [-0.1, -0.05) is 0 Å². The van der Waals surface area contributed by atoms with Crippen molar-refractivity contribution < 1.29 is 23.4 Å². The molecule has 1 aromatic carbocycles. The van der Waals surface area contributed by atoms with Crippen molar-refractivity contribution in [1.29, 1.82) is 0 Å². The summed E-state index contributed by atoms with van der Waals surface area (Å²) in [5.41, 5.74) is 0.760. The van der Waals surface area contributed by atoms with Gasteiger partial charge in [0.2, 0.25) is 18.6 Å². The summed E-state index contributed by atoms with van der Waals surface area (Å²) < 4.78 is 21.4. The highest BCUT2D eigenvalue weighted by atomic mass is 16.7. The van der Waals surface area contributed by atoms with Gasteiger partial charge in [-0.25, -0.2) is 0 Å². The first-order valence-electron chi connectivity index (χ1n) is 7.80. The number of benzene rings is 1. The molecule has 9 nitrogen and oxygen atoms in total. The highest BCUT2D eigenvalue weighted by molar-refractivity contribution is 5.77. The molecule has 0 spiro atoms. The monoisotopic (exact) mass is 354 g/mol. The number of hydrogen-bond donors (Lipinski definition) is 1. The van der Waals surface area contributed by atoms with E-state index in [1.807, 2.05) is 0 Å². The first-order chi connectivity index (χ1) is 12.8. The zero-order valence-corrected chi connectivity index (χ0v) is 13.5. The lowest BCUT2D eigenvalue weighted by molar-refractivity contribution is -0.123. The molecule has 0 saturated carbocycles. The van der Waals surface area contributed by atoms with Crippen LogP contribution in [0.2, 0.25) is 0 Å². The van der Waals surface area contributed by atoms with Crippen molar-refractivity contribution in [3.05, 3.63) is 48.6 Å². The van der Waals surface area contributed by atoms with Gasteiger partial charge in [0.05, 0.1) is 6.54 Å². The van der Waals surface area contributed by atoms with Gasteiger partial charge in [0, 0.05) is 24.0 Å². The Balaban J connectivity index is 1.27. The molecule has 1 N–H and O–H groups in total. The Labute approximate surface area is 147 Å². The molecule has 132 valence electrons. The molecule has 2 aromatic heterocycles. The number of ether oxygens (including phenoxy) is 3. The second kappa shape index (κ2) is 7.09. The van der Waals surface area contributed by atoms with Crippen LogP contribution in [0.15, 0.2) is 47.1 Å². The van der Waals surface area contributed by atoms with Crippen molar-refractivity contribution in [2.24, 2.45) is 0 Å². The van der Waals surface area contributed by atoms with Gasteiger partial charge >= 0.3 is 0 Å². The lowest BCUT2D eigenvalue weighted by atomic mass is 10.3. The Morgan fingerprint density at radius 2 is 1.96 bits per heavy atom. The number of aromatic nitrogens is 3. The van der Waals surface area contributed by atoms with Crippen LogP contribution in [0.4, 0.5) is 0 Å². The molecule has 4 rings (SSSR count). The summed E-state index contributed by atoms with van der Waals surface area (Å²) in [6.07, 6.45) is 3.27. The van der Waals surface area contributed by atoms with Crippen molar-refractivity contribution in [3.8, 4) is 28.7 Å². The number of fused-ring (bicyclic) bond motifs is 1. The average Bonchev–Trinajstić information content (AvgIpc) is 3.34. The fourth-order valence-electron chi connectivity index (χ4n) is 2.28. The van der Waals surface area contributed by atoms with E-state index in [0.29, 0.717) is 29.0 Å². The van der Waals surface area contributed by atoms with E-state index in [4.69, 9.17) is 18.6 Å². The van der Waals surface area contributed by atoms with E-state index in [2.05, 4.69) is 20.5 Å². The number of carbonyl (C=O) groups is 1. The Morgan fingerprint density at radius 3 is 2.85 bits per heavy atom. The second-order valence-electron chi connectivity index (χ2n) is 5.32. The molecule has 1 amide bonds. The molecule has 26 heavy (non-hydrogen) atoms. The van der Waals surface area contributed by atoms with Crippen LogP contribution < -0.4 is 19.5 Å². The van der Waals surface area contributed by atoms with E-state index in [1.54, 1.807) is 42.7 Å². The number of amides is 1. The van der Waals surface area contributed by atoms with E-state index >= 15 is 0 Å². The average molecular weight is 354 g/mol. The van der Waals surface area contributed by atoms with Crippen LogP contribution in [0.25, 0.3) is 11.5 Å². The predicted octanol–water partition coefficient (Wildman–Crippen LogP) is 1.56. The number of nitrogens with one attached hydrogen (secondary N) is 1. The maximum Gasteiger partial charge on any atom is 0.258 e. The Bertz CT molecular complexity index is 913. The first kappa shape index (κ1) is 15.9. The smallest absolute Gasteiger partial charge is 0.258 e. The molecular formula is C17H14N4O5. The summed E-state index contributed by atoms with van der Waals surface area (Å²) in [7, 11) is 0. The third-order valence-corrected chi connectivity index (χ3v) is 3.54. The second-order valence-corrected chi connectivity index (χ2v) is 5.32. The van der Waals surface area contributed by atoms with Crippen LogP contribution in [-0.2, 0) is 11.3 Å². The van der Waals surface area contributed by atoms with Gasteiger partial charge in [-0.3, -0.25) is 9.78 Å². The van der Waals surface area contributed by atoms with Gasteiger partial charge < -0.3 is 23.9 Å². The molecular weight excluding hydrogens is 340 g/mol. The number of carbonyl (C=O) groups excluding carboxylic acids is 1. The van der Waals surface area contributed by atoms with Crippen LogP contribution in [0.1, 0.15) is 5.89 Å². The number of pyridine rings is 1. The zero-order valence-electron chi connectivity index (χ0n) is 13.5. The summed E-state index contributed by atoms with van der Waals surface area (Å²) in [4.78, 5) is 15.8. The van der Waals surface area contributed by atoms with E-state index in [9.17, 15) is 4.79 Å². The van der Waals surface area contributed by atoms with Gasteiger partial charge in [0.15, 0.2) is 18.1 Å². The van der Waals surface area contributed by atoms with Crippen LogP contribution >= 0.6 is 0 Å². The molecule has 9 heteroatoms. The van der Waals surface area contributed by atoms with Gasteiger partial charge in [0.1, 0.15) is 5.75 Å². The van der Waals surface area contributed by atoms with Gasteiger partial charge in [-0.15, -0.1) is 10.2 Å². The maximum atomic E-state index is 11.9. The van der Waals surface area contributed by atoms with Gasteiger partial charge in [-0.2, -0.15) is 0 Å².